The van der Waals surface area contributed by atoms with Crippen molar-refractivity contribution in [1.29, 1.82) is 0 Å². The molecule has 0 spiro atoms. The highest BCUT2D eigenvalue weighted by Gasteiger charge is 2.11. The number of carbonyl (C=O) groups is 1. The maximum absolute atomic E-state index is 13.0. The predicted molar refractivity (Wildman–Crippen MR) is 73.1 cm³/mol. The summed E-state index contributed by atoms with van der Waals surface area (Å²) in [7, 11) is 1.71. The molecule has 0 radical (unpaired) electrons. The van der Waals surface area contributed by atoms with Crippen LogP contribution in [0.15, 0.2) is 36.7 Å². The summed E-state index contributed by atoms with van der Waals surface area (Å²) in [5.74, 6) is -0.878. The van der Waals surface area contributed by atoms with Crippen LogP contribution in [0.5, 0.6) is 0 Å². The molecular weight excluding hydrogens is 269 g/mol. The minimum Gasteiger partial charge on any atom is -0.387 e. The largest absolute Gasteiger partial charge is 0.387 e. The van der Waals surface area contributed by atoms with Gasteiger partial charge in [-0.1, -0.05) is 11.6 Å². The van der Waals surface area contributed by atoms with Crippen LogP contribution in [0.3, 0.4) is 0 Å². The Morgan fingerprint density at radius 2 is 2.16 bits per heavy atom. The van der Waals surface area contributed by atoms with Crippen molar-refractivity contribution in [2.45, 2.75) is 0 Å². The number of hydrogen-bond donors (Lipinski definition) is 2. The molecule has 1 amide bonds. The van der Waals surface area contributed by atoms with Crippen LogP contribution in [0.25, 0.3) is 0 Å². The third kappa shape index (κ3) is 3.00. The topological polar surface area (TPSA) is 54.0 Å². The zero-order valence-electron chi connectivity index (χ0n) is 10.1. The molecular formula is C13H11ClFN3O. The summed E-state index contributed by atoms with van der Waals surface area (Å²) in [5.41, 5.74) is 1.47. The molecule has 0 saturated heterocycles. The van der Waals surface area contributed by atoms with Crippen LogP contribution in [0.4, 0.5) is 15.8 Å². The van der Waals surface area contributed by atoms with Crippen molar-refractivity contribution in [1.82, 2.24) is 4.98 Å². The third-order valence-corrected chi connectivity index (χ3v) is 2.80. The van der Waals surface area contributed by atoms with E-state index in [9.17, 15) is 9.18 Å². The van der Waals surface area contributed by atoms with Gasteiger partial charge in [0.05, 0.1) is 10.6 Å². The molecule has 0 fully saturated rings. The SMILES string of the molecule is CNc1ccncc1C(=O)Nc1ccc(F)c(Cl)c1. The van der Waals surface area contributed by atoms with Gasteiger partial charge in [-0.3, -0.25) is 9.78 Å². The highest BCUT2D eigenvalue weighted by Crippen LogP contribution is 2.21. The van der Waals surface area contributed by atoms with Gasteiger partial charge in [-0.2, -0.15) is 0 Å². The minimum absolute atomic E-state index is 0.0437. The average molecular weight is 280 g/mol. The average Bonchev–Trinajstić information content (AvgIpc) is 2.43. The third-order valence-electron chi connectivity index (χ3n) is 2.51. The van der Waals surface area contributed by atoms with E-state index in [0.29, 0.717) is 16.9 Å². The molecule has 0 atom stereocenters. The standard InChI is InChI=1S/C13H11ClFN3O/c1-16-12-4-5-17-7-9(12)13(19)18-8-2-3-11(15)10(14)6-8/h2-7H,1H3,(H,16,17)(H,18,19). The van der Waals surface area contributed by atoms with Crippen molar-refractivity contribution in [2.75, 3.05) is 17.7 Å². The number of amides is 1. The maximum atomic E-state index is 13.0. The van der Waals surface area contributed by atoms with Crippen LogP contribution in [-0.4, -0.2) is 17.9 Å². The number of benzene rings is 1. The molecule has 98 valence electrons. The van der Waals surface area contributed by atoms with E-state index in [1.54, 1.807) is 19.3 Å². The molecule has 2 rings (SSSR count). The lowest BCUT2D eigenvalue weighted by Gasteiger charge is -2.09. The second kappa shape index (κ2) is 5.67. The lowest BCUT2D eigenvalue weighted by atomic mass is 10.2. The monoisotopic (exact) mass is 279 g/mol. The lowest BCUT2D eigenvalue weighted by molar-refractivity contribution is 0.102. The van der Waals surface area contributed by atoms with E-state index in [4.69, 9.17) is 11.6 Å². The van der Waals surface area contributed by atoms with Crippen molar-refractivity contribution in [2.24, 2.45) is 0 Å². The Kier molecular flexibility index (Phi) is 3.97. The van der Waals surface area contributed by atoms with E-state index < -0.39 is 5.82 Å². The van der Waals surface area contributed by atoms with Gasteiger partial charge >= 0.3 is 0 Å². The first-order valence-electron chi connectivity index (χ1n) is 5.50. The summed E-state index contributed by atoms with van der Waals surface area (Å²) in [6.07, 6.45) is 3.03. The number of nitrogens with zero attached hydrogens (tertiary/aromatic N) is 1. The fourth-order valence-corrected chi connectivity index (χ4v) is 1.75. The molecule has 2 aromatic rings. The van der Waals surface area contributed by atoms with E-state index in [1.165, 1.54) is 24.4 Å². The Hall–Kier alpha value is -2.14. The van der Waals surface area contributed by atoms with E-state index >= 15 is 0 Å². The number of rotatable bonds is 3. The summed E-state index contributed by atoms with van der Waals surface area (Å²) in [4.78, 5) is 16.0. The Labute approximate surface area is 114 Å². The molecule has 1 aromatic heterocycles. The van der Waals surface area contributed by atoms with Gasteiger partial charge in [0.25, 0.3) is 5.91 Å². The number of halogens is 2. The van der Waals surface area contributed by atoms with Crippen LogP contribution >= 0.6 is 11.6 Å². The van der Waals surface area contributed by atoms with Crippen molar-refractivity contribution < 1.29 is 9.18 Å². The van der Waals surface area contributed by atoms with E-state index in [-0.39, 0.29) is 10.9 Å². The molecule has 0 saturated carbocycles. The number of pyridine rings is 1. The Balaban J connectivity index is 2.23. The number of anilines is 2. The van der Waals surface area contributed by atoms with Crippen molar-refractivity contribution >= 4 is 28.9 Å². The number of carbonyl (C=O) groups excluding carboxylic acids is 1. The van der Waals surface area contributed by atoms with Gasteiger partial charge in [-0.25, -0.2) is 4.39 Å². The second-order valence-corrected chi connectivity index (χ2v) is 4.16. The molecule has 4 nitrogen and oxygen atoms in total. The number of hydrogen-bond acceptors (Lipinski definition) is 3. The molecule has 1 heterocycles. The summed E-state index contributed by atoms with van der Waals surface area (Å²) >= 11 is 5.65. The van der Waals surface area contributed by atoms with Gasteiger partial charge in [0, 0.05) is 30.8 Å². The molecule has 1 aromatic carbocycles. The van der Waals surface area contributed by atoms with Crippen LogP contribution in [0.1, 0.15) is 10.4 Å². The summed E-state index contributed by atoms with van der Waals surface area (Å²) < 4.78 is 13.0. The van der Waals surface area contributed by atoms with Gasteiger partial charge in [-0.15, -0.1) is 0 Å². The molecule has 0 aliphatic carbocycles. The molecule has 0 aliphatic heterocycles. The van der Waals surface area contributed by atoms with Crippen molar-refractivity contribution in [3.05, 3.63) is 53.1 Å². The smallest absolute Gasteiger partial charge is 0.259 e. The Morgan fingerprint density at radius 1 is 1.37 bits per heavy atom. The zero-order valence-corrected chi connectivity index (χ0v) is 10.8. The van der Waals surface area contributed by atoms with E-state index in [2.05, 4.69) is 15.6 Å². The highest BCUT2D eigenvalue weighted by atomic mass is 35.5. The maximum Gasteiger partial charge on any atom is 0.259 e. The number of nitrogens with one attached hydrogen (secondary N) is 2. The van der Waals surface area contributed by atoms with Crippen molar-refractivity contribution in [3.8, 4) is 0 Å². The zero-order chi connectivity index (χ0) is 13.8. The molecule has 0 aliphatic rings. The molecule has 0 bridgehead atoms. The molecule has 6 heteroatoms. The summed E-state index contributed by atoms with van der Waals surface area (Å²) in [6.45, 7) is 0. The van der Waals surface area contributed by atoms with Gasteiger partial charge in [0.15, 0.2) is 0 Å². The minimum atomic E-state index is -0.531. The van der Waals surface area contributed by atoms with E-state index in [0.717, 1.165) is 0 Å². The summed E-state index contributed by atoms with van der Waals surface area (Å²) in [5, 5.41) is 5.48. The first-order chi connectivity index (χ1) is 9.11. The van der Waals surface area contributed by atoms with Crippen LogP contribution in [-0.2, 0) is 0 Å². The Bertz CT molecular complexity index is 619. The second-order valence-electron chi connectivity index (χ2n) is 3.75. The van der Waals surface area contributed by atoms with Crippen molar-refractivity contribution in [3.63, 3.8) is 0 Å². The number of aromatic nitrogens is 1. The van der Waals surface area contributed by atoms with Gasteiger partial charge in [0.1, 0.15) is 5.82 Å². The molecule has 2 N–H and O–H groups in total. The van der Waals surface area contributed by atoms with Crippen LogP contribution in [0.2, 0.25) is 5.02 Å². The normalized spacial score (nSPS) is 10.1. The van der Waals surface area contributed by atoms with Gasteiger partial charge in [-0.05, 0) is 24.3 Å². The fraction of sp³-hybridized carbons (Fsp3) is 0.0769. The highest BCUT2D eigenvalue weighted by molar-refractivity contribution is 6.31. The first-order valence-corrected chi connectivity index (χ1v) is 5.88. The predicted octanol–water partition coefficient (Wildman–Crippen LogP) is 3.17. The summed E-state index contributed by atoms with van der Waals surface area (Å²) in [6, 6.07) is 5.67. The van der Waals surface area contributed by atoms with Gasteiger partial charge in [0.2, 0.25) is 0 Å². The molecule has 0 unspecified atom stereocenters. The Morgan fingerprint density at radius 3 is 2.84 bits per heavy atom. The van der Waals surface area contributed by atoms with Crippen LogP contribution < -0.4 is 10.6 Å². The fourth-order valence-electron chi connectivity index (χ4n) is 1.57. The lowest BCUT2D eigenvalue weighted by Crippen LogP contribution is -2.14. The molecule has 19 heavy (non-hydrogen) atoms. The van der Waals surface area contributed by atoms with Crippen LogP contribution in [0, 0.1) is 5.82 Å². The van der Waals surface area contributed by atoms with E-state index in [1.807, 2.05) is 0 Å². The van der Waals surface area contributed by atoms with Gasteiger partial charge < -0.3 is 10.6 Å². The first kappa shape index (κ1) is 13.3. The quantitative estimate of drug-likeness (QED) is 0.907.